The van der Waals surface area contributed by atoms with E-state index >= 15 is 0 Å². The van der Waals surface area contributed by atoms with Crippen LogP contribution in [0.25, 0.3) is 101 Å². The highest BCUT2D eigenvalue weighted by molar-refractivity contribution is 5.95. The molecule has 0 fully saturated rings. The second kappa shape index (κ2) is 16.6. The molecule has 0 aliphatic carbocycles. The third kappa shape index (κ3) is 7.62. The lowest BCUT2D eigenvalue weighted by Crippen LogP contribution is -1.92. The zero-order chi connectivity index (χ0) is 41.0. The highest BCUT2D eigenvalue weighted by atomic mass is 16.3. The zero-order valence-corrected chi connectivity index (χ0v) is 33.2. The van der Waals surface area contributed by atoms with E-state index in [-0.39, 0.29) is 5.75 Å². The van der Waals surface area contributed by atoms with E-state index in [1.54, 1.807) is 12.3 Å². The summed E-state index contributed by atoms with van der Waals surface area (Å²) in [5, 5.41) is 11.6. The van der Waals surface area contributed by atoms with Gasteiger partial charge in [0.2, 0.25) is 0 Å². The Balaban J connectivity index is 1.13. The number of rotatable bonds is 9. The Hall–Kier alpha value is -8.21. The molecule has 0 aliphatic rings. The summed E-state index contributed by atoms with van der Waals surface area (Å²) in [7, 11) is 0. The summed E-state index contributed by atoms with van der Waals surface area (Å²) in [5.41, 5.74) is 18.4. The van der Waals surface area contributed by atoms with E-state index in [1.165, 1.54) is 0 Å². The number of hydrogen-bond acceptors (Lipinski definition) is 4. The first-order valence-electron chi connectivity index (χ1n) is 20.4. The molecule has 0 bridgehead atoms. The normalized spacial score (nSPS) is 11.0. The number of hydrogen-bond donors (Lipinski definition) is 1. The predicted molar refractivity (Wildman–Crippen MR) is 250 cm³/mol. The van der Waals surface area contributed by atoms with Crippen molar-refractivity contribution in [2.75, 3.05) is 0 Å². The maximum absolute atomic E-state index is 11.6. The van der Waals surface area contributed by atoms with E-state index in [1.807, 2.05) is 85.2 Å². The summed E-state index contributed by atoms with van der Waals surface area (Å²) in [4.78, 5) is 13.7. The summed E-state index contributed by atoms with van der Waals surface area (Å²) in [6, 6.07) is 73.4. The van der Waals surface area contributed by atoms with Crippen LogP contribution in [-0.4, -0.2) is 20.1 Å². The van der Waals surface area contributed by atoms with Gasteiger partial charge in [-0.25, -0.2) is 0 Å². The molecule has 10 rings (SSSR count). The van der Waals surface area contributed by atoms with E-state index in [2.05, 4.69) is 148 Å². The van der Waals surface area contributed by atoms with Crippen molar-refractivity contribution in [1.82, 2.24) is 15.0 Å². The van der Waals surface area contributed by atoms with Crippen LogP contribution in [0.3, 0.4) is 0 Å². The third-order valence-electron chi connectivity index (χ3n) is 11.2. The number of pyridine rings is 3. The molecule has 0 radical (unpaired) electrons. The molecule has 4 heteroatoms. The lowest BCUT2D eigenvalue weighted by atomic mass is 9.86. The van der Waals surface area contributed by atoms with E-state index < -0.39 is 0 Å². The molecule has 0 amide bonds. The van der Waals surface area contributed by atoms with Gasteiger partial charge in [0.25, 0.3) is 0 Å². The van der Waals surface area contributed by atoms with Crippen molar-refractivity contribution in [3.05, 3.63) is 231 Å². The van der Waals surface area contributed by atoms with Crippen LogP contribution < -0.4 is 0 Å². The smallest absolute Gasteiger partial charge is 0.124 e. The summed E-state index contributed by atoms with van der Waals surface area (Å²) < 4.78 is 0. The monoisotopic (exact) mass is 781 g/mol. The lowest BCUT2D eigenvalue weighted by molar-refractivity contribution is 0.477. The SMILES string of the molecule is Oc1cc(-c2ccccn2)ccc1-c1ccccc1-c1cc(-c2ccccc2-c2ccc(-c3ccccn3)cc2)cc(-c2ccccc2-c2ccc(-c3ccccn3)cc2)c1. The van der Waals surface area contributed by atoms with E-state index in [0.29, 0.717) is 0 Å². The van der Waals surface area contributed by atoms with Crippen molar-refractivity contribution in [2.45, 2.75) is 0 Å². The maximum atomic E-state index is 11.6. The van der Waals surface area contributed by atoms with Crippen LogP contribution in [0.15, 0.2) is 231 Å². The molecule has 61 heavy (non-hydrogen) atoms. The molecule has 7 aromatic carbocycles. The summed E-state index contributed by atoms with van der Waals surface area (Å²) in [6.45, 7) is 0. The Kier molecular flexibility index (Phi) is 10.1. The van der Waals surface area contributed by atoms with Crippen molar-refractivity contribution >= 4 is 0 Å². The molecular weight excluding hydrogens is 743 g/mol. The molecule has 10 aromatic rings. The summed E-state index contributed by atoms with van der Waals surface area (Å²) in [5.74, 6) is 0.200. The lowest BCUT2D eigenvalue weighted by Gasteiger charge is -2.18. The first-order valence-corrected chi connectivity index (χ1v) is 20.4. The number of phenolic OH excluding ortho intramolecular Hbond substituents is 1. The quantitative estimate of drug-likeness (QED) is 0.158. The highest BCUT2D eigenvalue weighted by Gasteiger charge is 2.18. The van der Waals surface area contributed by atoms with Crippen molar-refractivity contribution in [1.29, 1.82) is 0 Å². The van der Waals surface area contributed by atoms with Crippen LogP contribution in [0.1, 0.15) is 0 Å². The number of benzene rings is 7. The van der Waals surface area contributed by atoms with Gasteiger partial charge in [0, 0.05) is 40.8 Å². The maximum Gasteiger partial charge on any atom is 0.124 e. The highest BCUT2D eigenvalue weighted by Crippen LogP contribution is 2.44. The van der Waals surface area contributed by atoms with Gasteiger partial charge in [-0.3, -0.25) is 15.0 Å². The average molecular weight is 782 g/mol. The molecule has 0 saturated carbocycles. The molecule has 0 saturated heterocycles. The molecule has 0 atom stereocenters. The standard InChI is InChI=1S/C57H39N3O/c61-57-38-43(56-21-9-12-34-60-56)30-31-53(57)52-18-6-5-17-51(52)46-36-44(49-15-3-1-13-47(49)39-22-26-41(27-23-39)54-19-7-10-32-58-54)35-45(37-46)50-16-4-2-14-48(50)40-24-28-42(29-25-40)55-20-8-11-33-59-55/h1-38,61H. The van der Waals surface area contributed by atoms with Gasteiger partial charge in [0.05, 0.1) is 17.1 Å². The Bertz CT molecular complexity index is 2970. The second-order valence-corrected chi connectivity index (χ2v) is 15.0. The number of phenols is 1. The molecule has 3 aromatic heterocycles. The van der Waals surface area contributed by atoms with E-state index in [4.69, 9.17) is 0 Å². The van der Waals surface area contributed by atoms with Crippen molar-refractivity contribution < 1.29 is 5.11 Å². The van der Waals surface area contributed by atoms with Crippen LogP contribution in [0, 0.1) is 0 Å². The zero-order valence-electron chi connectivity index (χ0n) is 33.2. The molecule has 4 nitrogen and oxygen atoms in total. The average Bonchev–Trinajstić information content (AvgIpc) is 3.35. The Morgan fingerprint density at radius 3 is 0.918 bits per heavy atom. The minimum absolute atomic E-state index is 0.200. The fourth-order valence-corrected chi connectivity index (χ4v) is 8.20. The van der Waals surface area contributed by atoms with Gasteiger partial charge in [-0.05, 0) is 128 Å². The molecular formula is C57H39N3O. The van der Waals surface area contributed by atoms with Crippen LogP contribution in [0.5, 0.6) is 5.75 Å². The Labute approximate surface area is 355 Å². The van der Waals surface area contributed by atoms with Crippen LogP contribution in [-0.2, 0) is 0 Å². The second-order valence-electron chi connectivity index (χ2n) is 15.0. The van der Waals surface area contributed by atoms with Gasteiger partial charge in [-0.15, -0.1) is 0 Å². The minimum atomic E-state index is 0.200. The molecule has 3 heterocycles. The van der Waals surface area contributed by atoms with Crippen LogP contribution >= 0.6 is 0 Å². The number of aromatic nitrogens is 3. The van der Waals surface area contributed by atoms with Gasteiger partial charge in [0.1, 0.15) is 5.75 Å². The molecule has 1 N–H and O–H groups in total. The van der Waals surface area contributed by atoms with Crippen LogP contribution in [0.2, 0.25) is 0 Å². The number of nitrogens with zero attached hydrogens (tertiary/aromatic N) is 3. The topological polar surface area (TPSA) is 58.9 Å². The predicted octanol–water partition coefficient (Wildman–Crippen LogP) is 14.6. The minimum Gasteiger partial charge on any atom is -0.507 e. The molecule has 0 spiro atoms. The van der Waals surface area contributed by atoms with Gasteiger partial charge < -0.3 is 5.11 Å². The molecule has 288 valence electrons. The van der Waals surface area contributed by atoms with E-state index in [0.717, 1.165) is 101 Å². The van der Waals surface area contributed by atoms with Crippen LogP contribution in [0.4, 0.5) is 0 Å². The Morgan fingerprint density at radius 1 is 0.230 bits per heavy atom. The fourth-order valence-electron chi connectivity index (χ4n) is 8.20. The molecule has 0 aliphatic heterocycles. The first kappa shape index (κ1) is 37.1. The van der Waals surface area contributed by atoms with Gasteiger partial charge in [0.15, 0.2) is 0 Å². The number of aromatic hydroxyl groups is 1. The van der Waals surface area contributed by atoms with Gasteiger partial charge in [-0.1, -0.05) is 146 Å². The third-order valence-corrected chi connectivity index (χ3v) is 11.2. The summed E-state index contributed by atoms with van der Waals surface area (Å²) >= 11 is 0. The van der Waals surface area contributed by atoms with Gasteiger partial charge >= 0.3 is 0 Å². The van der Waals surface area contributed by atoms with Crippen molar-refractivity contribution in [3.8, 4) is 106 Å². The first-order chi connectivity index (χ1) is 30.2. The van der Waals surface area contributed by atoms with Crippen molar-refractivity contribution in [2.24, 2.45) is 0 Å². The summed E-state index contributed by atoms with van der Waals surface area (Å²) in [6.07, 6.45) is 5.43. The fraction of sp³-hybridized carbons (Fsp3) is 0. The largest absolute Gasteiger partial charge is 0.507 e. The van der Waals surface area contributed by atoms with E-state index in [9.17, 15) is 5.11 Å². The van der Waals surface area contributed by atoms with Gasteiger partial charge in [-0.2, -0.15) is 0 Å². The Morgan fingerprint density at radius 2 is 0.541 bits per heavy atom. The molecule has 0 unspecified atom stereocenters. The van der Waals surface area contributed by atoms with Crippen molar-refractivity contribution in [3.63, 3.8) is 0 Å².